The van der Waals surface area contributed by atoms with E-state index in [4.69, 9.17) is 14.6 Å². The molecule has 176 valence electrons. The molecule has 1 aliphatic carbocycles. The van der Waals surface area contributed by atoms with Crippen LogP contribution in [0.5, 0.6) is 11.5 Å². The fourth-order valence-corrected chi connectivity index (χ4v) is 5.45. The first kappa shape index (κ1) is 22.5. The molecule has 0 saturated heterocycles. The van der Waals surface area contributed by atoms with E-state index < -0.39 is 0 Å². The van der Waals surface area contributed by atoms with Gasteiger partial charge in [0, 0.05) is 30.1 Å². The molecule has 1 aliphatic heterocycles. The molecular weight excluding hydrogens is 448 g/mol. The van der Waals surface area contributed by atoms with Gasteiger partial charge in [-0.3, -0.25) is 9.78 Å². The number of hydrogen-bond donors (Lipinski definition) is 0. The molecule has 0 N–H and O–H groups in total. The Bertz CT molecular complexity index is 1200. The summed E-state index contributed by atoms with van der Waals surface area (Å²) < 4.78 is 11.8. The predicted octanol–water partition coefficient (Wildman–Crippen LogP) is 5.48. The summed E-state index contributed by atoms with van der Waals surface area (Å²) >= 11 is 1.39. The molecule has 5 rings (SSSR count). The molecule has 0 atom stereocenters. The molecule has 3 aromatic rings. The largest absolute Gasteiger partial charge is 0.493 e. The average Bonchev–Trinajstić information content (AvgIpc) is 3.54. The predicted molar refractivity (Wildman–Crippen MR) is 133 cm³/mol. The zero-order chi connectivity index (χ0) is 23.5. The van der Waals surface area contributed by atoms with Crippen molar-refractivity contribution in [2.75, 3.05) is 13.7 Å². The van der Waals surface area contributed by atoms with Crippen LogP contribution in [0.3, 0.4) is 0 Å². The zero-order valence-corrected chi connectivity index (χ0v) is 20.3. The van der Waals surface area contributed by atoms with Gasteiger partial charge in [0.1, 0.15) is 9.88 Å². The highest BCUT2D eigenvalue weighted by Gasteiger charge is 2.26. The summed E-state index contributed by atoms with van der Waals surface area (Å²) in [5.41, 5.74) is 3.47. The SMILES string of the molecule is COc1ccc(C2=NN(C(=O)c3sc(-c4cccnc4)nc3C)CCC2)cc1OC1CCCC1. The second kappa shape index (κ2) is 9.93. The summed E-state index contributed by atoms with van der Waals surface area (Å²) in [7, 11) is 1.66. The van der Waals surface area contributed by atoms with Crippen LogP contribution in [-0.2, 0) is 0 Å². The van der Waals surface area contributed by atoms with E-state index in [1.807, 2.05) is 37.3 Å². The number of thiazole rings is 1. The molecule has 3 heterocycles. The number of amides is 1. The lowest BCUT2D eigenvalue weighted by Crippen LogP contribution is -2.32. The van der Waals surface area contributed by atoms with Crippen LogP contribution in [0, 0.1) is 6.92 Å². The lowest BCUT2D eigenvalue weighted by Gasteiger charge is -2.24. The molecule has 1 saturated carbocycles. The standard InChI is InChI=1S/C26H28N4O3S/c1-17-24(34-25(28-17)19-7-5-13-27-16-19)26(31)30-14-6-10-21(29-30)18-11-12-22(32-2)23(15-18)33-20-8-3-4-9-20/h5,7,11-13,15-16,20H,3-4,6,8-10,14H2,1-2H3. The Labute approximate surface area is 203 Å². The Morgan fingerprint density at radius 2 is 1.97 bits per heavy atom. The number of ether oxygens (including phenoxy) is 2. The third-order valence-electron chi connectivity index (χ3n) is 6.25. The Balaban J connectivity index is 1.39. The Morgan fingerprint density at radius 1 is 1.12 bits per heavy atom. The highest BCUT2D eigenvalue weighted by molar-refractivity contribution is 7.17. The number of methoxy groups -OCH3 is 1. The van der Waals surface area contributed by atoms with Crippen LogP contribution in [-0.4, -0.2) is 46.4 Å². The number of rotatable bonds is 6. The third-order valence-corrected chi connectivity index (χ3v) is 7.45. The van der Waals surface area contributed by atoms with E-state index in [-0.39, 0.29) is 12.0 Å². The van der Waals surface area contributed by atoms with Crippen molar-refractivity contribution < 1.29 is 14.3 Å². The molecule has 8 heteroatoms. The van der Waals surface area contributed by atoms with Crippen molar-refractivity contribution in [3.63, 3.8) is 0 Å². The van der Waals surface area contributed by atoms with Crippen molar-refractivity contribution in [3.05, 3.63) is 58.9 Å². The molecule has 0 bridgehead atoms. The van der Waals surface area contributed by atoms with Gasteiger partial charge in [-0.25, -0.2) is 9.99 Å². The fraction of sp³-hybridized carbons (Fsp3) is 0.385. The molecule has 34 heavy (non-hydrogen) atoms. The van der Waals surface area contributed by atoms with Crippen molar-refractivity contribution in [2.24, 2.45) is 5.10 Å². The fourth-order valence-electron chi connectivity index (χ4n) is 4.45. The van der Waals surface area contributed by atoms with Gasteiger partial charge < -0.3 is 9.47 Å². The quantitative estimate of drug-likeness (QED) is 0.471. The van der Waals surface area contributed by atoms with E-state index in [0.717, 1.165) is 59.0 Å². The first-order chi connectivity index (χ1) is 16.6. The smallest absolute Gasteiger partial charge is 0.285 e. The second-order valence-corrected chi connectivity index (χ2v) is 9.64. The van der Waals surface area contributed by atoms with Crippen LogP contribution in [0.2, 0.25) is 0 Å². The Morgan fingerprint density at radius 3 is 2.74 bits per heavy atom. The summed E-state index contributed by atoms with van der Waals surface area (Å²) in [4.78, 5) is 22.7. The molecule has 0 radical (unpaired) electrons. The number of hydrazone groups is 1. The van der Waals surface area contributed by atoms with E-state index in [1.165, 1.54) is 24.2 Å². The van der Waals surface area contributed by atoms with Gasteiger partial charge in [0.05, 0.1) is 24.6 Å². The van der Waals surface area contributed by atoms with Crippen LogP contribution < -0.4 is 9.47 Å². The topological polar surface area (TPSA) is 76.9 Å². The molecule has 0 unspecified atom stereocenters. The van der Waals surface area contributed by atoms with Crippen LogP contribution in [0.4, 0.5) is 0 Å². The van der Waals surface area contributed by atoms with E-state index in [2.05, 4.69) is 9.97 Å². The minimum atomic E-state index is -0.113. The maximum atomic E-state index is 13.4. The first-order valence-electron chi connectivity index (χ1n) is 11.7. The van der Waals surface area contributed by atoms with Gasteiger partial charge in [0.2, 0.25) is 0 Å². The van der Waals surface area contributed by atoms with E-state index >= 15 is 0 Å². The van der Waals surface area contributed by atoms with Crippen LogP contribution in [0.1, 0.15) is 59.5 Å². The minimum absolute atomic E-state index is 0.113. The maximum Gasteiger partial charge on any atom is 0.285 e. The van der Waals surface area contributed by atoms with Crippen molar-refractivity contribution in [2.45, 2.75) is 51.6 Å². The molecule has 7 nitrogen and oxygen atoms in total. The molecule has 2 aliphatic rings. The van der Waals surface area contributed by atoms with Crippen molar-refractivity contribution in [1.29, 1.82) is 0 Å². The average molecular weight is 477 g/mol. The number of benzene rings is 1. The molecule has 1 fully saturated rings. The van der Waals surface area contributed by atoms with E-state index in [1.54, 1.807) is 24.5 Å². The number of hydrogen-bond acceptors (Lipinski definition) is 7. The van der Waals surface area contributed by atoms with Gasteiger partial charge in [-0.05, 0) is 75.8 Å². The van der Waals surface area contributed by atoms with E-state index in [0.29, 0.717) is 17.1 Å². The van der Waals surface area contributed by atoms with Gasteiger partial charge in [0.15, 0.2) is 11.5 Å². The molecule has 1 amide bonds. The number of aryl methyl sites for hydroxylation is 1. The Hall–Kier alpha value is -3.26. The summed E-state index contributed by atoms with van der Waals surface area (Å²) in [5, 5.41) is 7.12. The van der Waals surface area contributed by atoms with Gasteiger partial charge >= 0.3 is 0 Å². The van der Waals surface area contributed by atoms with Crippen molar-refractivity contribution in [1.82, 2.24) is 15.0 Å². The lowest BCUT2D eigenvalue weighted by atomic mass is 10.0. The van der Waals surface area contributed by atoms with Gasteiger partial charge in [-0.15, -0.1) is 11.3 Å². The number of carbonyl (C=O) groups is 1. The van der Waals surface area contributed by atoms with Gasteiger partial charge in [-0.1, -0.05) is 0 Å². The maximum absolute atomic E-state index is 13.4. The normalized spacial score (nSPS) is 16.4. The third kappa shape index (κ3) is 4.68. The first-order valence-corrected chi connectivity index (χ1v) is 12.6. The highest BCUT2D eigenvalue weighted by Crippen LogP contribution is 2.34. The van der Waals surface area contributed by atoms with Crippen LogP contribution in [0.15, 0.2) is 47.8 Å². The number of aromatic nitrogens is 2. The lowest BCUT2D eigenvalue weighted by molar-refractivity contribution is 0.0755. The van der Waals surface area contributed by atoms with Crippen LogP contribution >= 0.6 is 11.3 Å². The number of pyridine rings is 1. The monoisotopic (exact) mass is 476 g/mol. The van der Waals surface area contributed by atoms with E-state index in [9.17, 15) is 4.79 Å². The number of nitrogens with zero attached hydrogens (tertiary/aromatic N) is 4. The number of carbonyl (C=O) groups excluding carboxylic acids is 1. The summed E-state index contributed by atoms with van der Waals surface area (Å²) in [6.45, 7) is 2.46. The molecular formula is C26H28N4O3S. The van der Waals surface area contributed by atoms with Crippen molar-refractivity contribution in [3.8, 4) is 22.1 Å². The molecule has 2 aromatic heterocycles. The minimum Gasteiger partial charge on any atom is -0.493 e. The molecule has 1 aromatic carbocycles. The summed E-state index contributed by atoms with van der Waals surface area (Å²) in [5.74, 6) is 1.36. The van der Waals surface area contributed by atoms with Crippen LogP contribution in [0.25, 0.3) is 10.6 Å². The molecule has 0 spiro atoms. The van der Waals surface area contributed by atoms with Gasteiger partial charge in [0.25, 0.3) is 5.91 Å². The summed E-state index contributed by atoms with van der Waals surface area (Å²) in [6.07, 6.45) is 9.94. The highest BCUT2D eigenvalue weighted by atomic mass is 32.1. The van der Waals surface area contributed by atoms with Gasteiger partial charge in [-0.2, -0.15) is 5.10 Å². The Kier molecular flexibility index (Phi) is 6.58. The second-order valence-electron chi connectivity index (χ2n) is 8.64. The summed E-state index contributed by atoms with van der Waals surface area (Å²) in [6, 6.07) is 9.74. The zero-order valence-electron chi connectivity index (χ0n) is 19.5. The van der Waals surface area contributed by atoms with Crippen molar-refractivity contribution >= 4 is 23.0 Å².